The van der Waals surface area contributed by atoms with Gasteiger partial charge in [0.15, 0.2) is 0 Å². The normalized spacial score (nSPS) is 17.2. The minimum absolute atomic E-state index is 0.538. The van der Waals surface area contributed by atoms with Crippen molar-refractivity contribution in [2.45, 2.75) is 40.0 Å². The Balaban J connectivity index is 2.15. The van der Waals surface area contributed by atoms with Gasteiger partial charge in [-0.25, -0.2) is 0 Å². The van der Waals surface area contributed by atoms with Gasteiger partial charge in [0.25, 0.3) is 0 Å². The van der Waals surface area contributed by atoms with Crippen molar-refractivity contribution in [3.05, 3.63) is 59.3 Å². The van der Waals surface area contributed by atoms with E-state index in [0.29, 0.717) is 29.1 Å². The van der Waals surface area contributed by atoms with Gasteiger partial charge in [0.05, 0.1) is 11.4 Å². The minimum Gasteiger partial charge on any atom is -0.397 e. The van der Waals surface area contributed by atoms with Crippen molar-refractivity contribution >= 4 is 11.3 Å². The number of fused-ring (bicyclic) bond motifs is 1. The van der Waals surface area contributed by atoms with E-state index in [1.54, 1.807) is 6.08 Å². The number of hydrogen-bond acceptors (Lipinski definition) is 5. The van der Waals surface area contributed by atoms with Crippen LogP contribution in [0.25, 0.3) is 11.3 Å². The van der Waals surface area contributed by atoms with Crippen LogP contribution in [0.15, 0.2) is 42.6 Å². The first-order chi connectivity index (χ1) is 13.5. The number of nitrogens with one attached hydrogen (secondary N) is 3. The average Bonchev–Trinajstić information content (AvgIpc) is 3.14. The molecular formula is C23H37N5. The maximum Gasteiger partial charge on any atom is 0.0716 e. The number of nitrogens with two attached hydrogens (primary N) is 2. The van der Waals surface area contributed by atoms with Gasteiger partial charge < -0.3 is 11.2 Å². The third-order valence-electron chi connectivity index (χ3n) is 6.04. The third kappa shape index (κ3) is 5.04. The van der Waals surface area contributed by atoms with Crippen LogP contribution in [0, 0.1) is 17.8 Å². The molecule has 1 aliphatic carbocycles. The van der Waals surface area contributed by atoms with E-state index in [2.05, 4.69) is 67.9 Å². The van der Waals surface area contributed by atoms with E-state index in [-0.39, 0.29) is 0 Å². The van der Waals surface area contributed by atoms with E-state index in [0.717, 1.165) is 18.5 Å². The van der Waals surface area contributed by atoms with Crippen molar-refractivity contribution in [3.63, 3.8) is 0 Å². The molecule has 1 aliphatic rings. The van der Waals surface area contributed by atoms with E-state index < -0.39 is 0 Å². The molecule has 0 aromatic heterocycles. The van der Waals surface area contributed by atoms with Gasteiger partial charge in [-0.1, -0.05) is 52.0 Å². The standard InChI is InChI=1S/C23H37N5/c1-6-17(16(4)14-27-26-5)12-15(3)20-10-8-18-13-19(9-11-21(18)20)23(24)22(7-2)28-25/h7,9-11,13,15-17,26-28H,2,6,8,12,14,24-25H2,1,3-5H3/b23-22-. The number of rotatable bonds is 11. The Morgan fingerprint density at radius 1 is 1.32 bits per heavy atom. The zero-order chi connectivity index (χ0) is 20.7. The van der Waals surface area contributed by atoms with Crippen molar-refractivity contribution in [2.75, 3.05) is 13.6 Å². The summed E-state index contributed by atoms with van der Waals surface area (Å²) in [6, 6.07) is 6.47. The number of allylic oxidation sites excluding steroid dienone is 3. The van der Waals surface area contributed by atoms with Gasteiger partial charge in [0, 0.05) is 6.54 Å². The fraction of sp³-hybridized carbons (Fsp3) is 0.478. The van der Waals surface area contributed by atoms with Crippen LogP contribution >= 0.6 is 0 Å². The fourth-order valence-corrected chi connectivity index (χ4v) is 4.22. The Labute approximate surface area is 170 Å². The molecule has 154 valence electrons. The molecule has 0 radical (unpaired) electrons. The van der Waals surface area contributed by atoms with Crippen LogP contribution in [-0.2, 0) is 6.42 Å². The molecule has 5 heteroatoms. The average molecular weight is 384 g/mol. The monoisotopic (exact) mass is 383 g/mol. The van der Waals surface area contributed by atoms with E-state index in [1.807, 2.05) is 7.05 Å². The van der Waals surface area contributed by atoms with Crippen LogP contribution in [-0.4, -0.2) is 13.6 Å². The first-order valence-electron chi connectivity index (χ1n) is 10.3. The summed E-state index contributed by atoms with van der Waals surface area (Å²) in [4.78, 5) is 0. The molecule has 0 aliphatic heterocycles. The van der Waals surface area contributed by atoms with Crippen LogP contribution < -0.4 is 27.9 Å². The van der Waals surface area contributed by atoms with E-state index in [4.69, 9.17) is 11.6 Å². The van der Waals surface area contributed by atoms with Crippen LogP contribution in [0.2, 0.25) is 0 Å². The number of benzene rings is 1. The summed E-state index contributed by atoms with van der Waals surface area (Å²) in [6.07, 6.45) is 7.40. The first-order valence-corrected chi connectivity index (χ1v) is 10.3. The summed E-state index contributed by atoms with van der Waals surface area (Å²) < 4.78 is 0. The Bertz CT molecular complexity index is 735. The molecule has 28 heavy (non-hydrogen) atoms. The van der Waals surface area contributed by atoms with Gasteiger partial charge in [-0.3, -0.25) is 16.7 Å². The highest BCUT2D eigenvalue weighted by atomic mass is 15.3. The summed E-state index contributed by atoms with van der Waals surface area (Å²) >= 11 is 0. The molecule has 0 heterocycles. The van der Waals surface area contributed by atoms with Crippen molar-refractivity contribution in [1.82, 2.24) is 16.3 Å². The maximum atomic E-state index is 6.24. The Hall–Kier alpha value is -2.08. The predicted octanol–water partition coefficient (Wildman–Crippen LogP) is 3.32. The van der Waals surface area contributed by atoms with Crippen LogP contribution in [0.1, 0.15) is 50.3 Å². The first kappa shape index (κ1) is 22.2. The Morgan fingerprint density at radius 2 is 2.07 bits per heavy atom. The smallest absolute Gasteiger partial charge is 0.0716 e. The lowest BCUT2D eigenvalue weighted by atomic mass is 9.80. The summed E-state index contributed by atoms with van der Waals surface area (Å²) in [5, 5.41) is 0. The fourth-order valence-electron chi connectivity index (χ4n) is 4.22. The van der Waals surface area contributed by atoms with Gasteiger partial charge in [-0.05, 0) is 72.0 Å². The van der Waals surface area contributed by atoms with Crippen molar-refractivity contribution in [3.8, 4) is 0 Å². The second kappa shape index (κ2) is 10.5. The van der Waals surface area contributed by atoms with E-state index in [1.165, 1.54) is 29.5 Å². The summed E-state index contributed by atoms with van der Waals surface area (Å²) in [5.74, 6) is 7.40. The van der Waals surface area contributed by atoms with Crippen molar-refractivity contribution < 1.29 is 0 Å². The third-order valence-corrected chi connectivity index (χ3v) is 6.04. The molecule has 0 spiro atoms. The summed E-state index contributed by atoms with van der Waals surface area (Å²) in [5.41, 5.74) is 21.6. The molecule has 1 aromatic carbocycles. The molecule has 0 saturated carbocycles. The molecule has 3 unspecified atom stereocenters. The van der Waals surface area contributed by atoms with Crippen LogP contribution in [0.3, 0.4) is 0 Å². The molecule has 7 N–H and O–H groups in total. The molecule has 0 saturated heterocycles. The predicted molar refractivity (Wildman–Crippen MR) is 121 cm³/mol. The van der Waals surface area contributed by atoms with Gasteiger partial charge in [-0.15, -0.1) is 0 Å². The lowest BCUT2D eigenvalue weighted by Gasteiger charge is -2.27. The molecule has 2 rings (SSSR count). The van der Waals surface area contributed by atoms with E-state index in [9.17, 15) is 0 Å². The number of hydrazine groups is 2. The van der Waals surface area contributed by atoms with Crippen molar-refractivity contribution in [2.24, 2.45) is 29.3 Å². The highest BCUT2D eigenvalue weighted by molar-refractivity contribution is 5.77. The highest BCUT2D eigenvalue weighted by Crippen LogP contribution is 2.38. The maximum absolute atomic E-state index is 6.24. The Kier molecular flexibility index (Phi) is 8.30. The molecule has 5 nitrogen and oxygen atoms in total. The molecule has 3 atom stereocenters. The van der Waals surface area contributed by atoms with Gasteiger partial charge in [0.1, 0.15) is 0 Å². The van der Waals surface area contributed by atoms with Gasteiger partial charge in [0.2, 0.25) is 0 Å². The zero-order valence-corrected chi connectivity index (χ0v) is 17.8. The minimum atomic E-state index is 0.538. The summed E-state index contributed by atoms with van der Waals surface area (Å²) in [6.45, 7) is 11.7. The second-order valence-corrected chi connectivity index (χ2v) is 7.82. The molecule has 0 fully saturated rings. The molecular weight excluding hydrogens is 346 g/mol. The molecule has 1 aromatic rings. The SMILES string of the molecule is C=C/C(NN)=C(/N)c1ccc2c(c1)CC=C2C(C)CC(CC)C(C)CNNC. The van der Waals surface area contributed by atoms with E-state index >= 15 is 0 Å². The topological polar surface area (TPSA) is 88.1 Å². The molecule has 0 bridgehead atoms. The van der Waals surface area contributed by atoms with Crippen LogP contribution in [0.4, 0.5) is 0 Å². The lowest BCUT2D eigenvalue weighted by Crippen LogP contribution is -2.34. The number of hydrogen-bond donors (Lipinski definition) is 5. The largest absolute Gasteiger partial charge is 0.397 e. The summed E-state index contributed by atoms with van der Waals surface area (Å²) in [7, 11) is 1.92. The zero-order valence-electron chi connectivity index (χ0n) is 17.8. The van der Waals surface area contributed by atoms with Crippen LogP contribution in [0.5, 0.6) is 0 Å². The molecule has 0 amide bonds. The lowest BCUT2D eigenvalue weighted by molar-refractivity contribution is 0.286. The second-order valence-electron chi connectivity index (χ2n) is 7.82. The van der Waals surface area contributed by atoms with Crippen molar-refractivity contribution in [1.29, 1.82) is 0 Å². The quantitative estimate of drug-likeness (QED) is 0.230. The highest BCUT2D eigenvalue weighted by Gasteiger charge is 2.24. The van der Waals surface area contributed by atoms with Gasteiger partial charge in [-0.2, -0.15) is 0 Å². The Morgan fingerprint density at radius 3 is 2.68 bits per heavy atom. The van der Waals surface area contributed by atoms with Gasteiger partial charge >= 0.3 is 0 Å².